The summed E-state index contributed by atoms with van der Waals surface area (Å²) in [6.45, 7) is 3.14. The summed E-state index contributed by atoms with van der Waals surface area (Å²) in [5.41, 5.74) is 6.98. The van der Waals surface area contributed by atoms with E-state index in [9.17, 15) is 0 Å². The van der Waals surface area contributed by atoms with Gasteiger partial charge in [0.1, 0.15) is 11.6 Å². The number of aryl methyl sites for hydroxylation is 1. The Bertz CT molecular complexity index is 577. The molecule has 0 spiro atoms. The first kappa shape index (κ1) is 13.1. The second-order valence-corrected chi connectivity index (χ2v) is 5.56. The highest BCUT2D eigenvalue weighted by molar-refractivity contribution is 5.31. The fourth-order valence-electron chi connectivity index (χ4n) is 3.03. The number of nitrogens with zero attached hydrogens (tertiary/aromatic N) is 4. The molecular weight excluding hydrogens is 250 g/mol. The zero-order valence-electron chi connectivity index (χ0n) is 11.9. The summed E-state index contributed by atoms with van der Waals surface area (Å²) in [4.78, 5) is 11.0. The molecule has 2 N–H and O–H groups in total. The van der Waals surface area contributed by atoms with Crippen molar-refractivity contribution in [1.29, 1.82) is 0 Å². The van der Waals surface area contributed by atoms with Gasteiger partial charge in [-0.1, -0.05) is 0 Å². The normalized spacial score (nSPS) is 20.1. The molecular formula is C15H21N5. The molecule has 1 aliphatic rings. The van der Waals surface area contributed by atoms with Crippen molar-refractivity contribution in [3.05, 3.63) is 42.1 Å². The molecule has 106 valence electrons. The van der Waals surface area contributed by atoms with Crippen LogP contribution in [0.3, 0.4) is 0 Å². The summed E-state index contributed by atoms with van der Waals surface area (Å²) in [5, 5.41) is 0. The molecule has 2 aromatic heterocycles. The molecule has 0 amide bonds. The first-order valence-electron chi connectivity index (χ1n) is 7.12. The summed E-state index contributed by atoms with van der Waals surface area (Å²) in [6, 6.07) is 4.01. The van der Waals surface area contributed by atoms with Gasteiger partial charge in [0, 0.05) is 44.6 Å². The molecule has 0 aromatic carbocycles. The minimum absolute atomic E-state index is 0.530. The quantitative estimate of drug-likeness (QED) is 0.924. The van der Waals surface area contributed by atoms with E-state index >= 15 is 0 Å². The summed E-state index contributed by atoms with van der Waals surface area (Å²) >= 11 is 0. The van der Waals surface area contributed by atoms with Gasteiger partial charge < -0.3 is 10.3 Å². The number of rotatable bonds is 3. The van der Waals surface area contributed by atoms with Gasteiger partial charge in [-0.25, -0.2) is 9.97 Å². The van der Waals surface area contributed by atoms with Crippen LogP contribution in [-0.4, -0.2) is 32.5 Å². The van der Waals surface area contributed by atoms with Crippen LogP contribution in [0.4, 0.5) is 5.82 Å². The lowest BCUT2D eigenvalue weighted by Crippen LogP contribution is -2.34. The molecule has 1 aliphatic heterocycles. The fraction of sp³-hybridized carbons (Fsp3) is 0.467. The number of aromatic nitrogens is 3. The van der Waals surface area contributed by atoms with Crippen molar-refractivity contribution in [1.82, 2.24) is 19.4 Å². The van der Waals surface area contributed by atoms with Gasteiger partial charge in [0.25, 0.3) is 0 Å². The summed E-state index contributed by atoms with van der Waals surface area (Å²) in [6.07, 6.45) is 8.14. The number of hydrogen-bond acceptors (Lipinski definition) is 4. The Kier molecular flexibility index (Phi) is 3.69. The highest BCUT2D eigenvalue weighted by Crippen LogP contribution is 2.26. The van der Waals surface area contributed by atoms with Crippen LogP contribution in [0, 0.1) is 0 Å². The van der Waals surface area contributed by atoms with Crippen molar-refractivity contribution in [2.24, 2.45) is 7.05 Å². The van der Waals surface area contributed by atoms with E-state index in [1.54, 1.807) is 6.20 Å². The molecule has 1 atom stereocenters. The maximum absolute atomic E-state index is 5.75. The van der Waals surface area contributed by atoms with Crippen LogP contribution in [0.5, 0.6) is 0 Å². The molecule has 0 saturated carbocycles. The molecule has 0 radical (unpaired) electrons. The lowest BCUT2D eigenvalue weighted by molar-refractivity contribution is 0.195. The molecule has 5 nitrogen and oxygen atoms in total. The van der Waals surface area contributed by atoms with E-state index in [2.05, 4.69) is 26.5 Å². The van der Waals surface area contributed by atoms with Crippen molar-refractivity contribution in [3.63, 3.8) is 0 Å². The molecule has 1 saturated heterocycles. The van der Waals surface area contributed by atoms with E-state index < -0.39 is 0 Å². The standard InChI is InChI=1S/C15H21N5/c1-19-8-6-18-15(19)13-3-2-7-20(11-13)10-12-4-5-17-14(16)9-12/h4-6,8-9,13H,2-3,7,10-11H2,1H3,(H2,16,17). The van der Waals surface area contributed by atoms with E-state index in [0.717, 1.165) is 19.6 Å². The molecule has 5 heteroatoms. The first-order valence-corrected chi connectivity index (χ1v) is 7.12. The van der Waals surface area contributed by atoms with Gasteiger partial charge in [0.2, 0.25) is 0 Å². The second-order valence-electron chi connectivity index (χ2n) is 5.56. The molecule has 0 aliphatic carbocycles. The summed E-state index contributed by atoms with van der Waals surface area (Å²) in [7, 11) is 2.07. The maximum Gasteiger partial charge on any atom is 0.123 e. The number of imidazole rings is 1. The zero-order chi connectivity index (χ0) is 13.9. The van der Waals surface area contributed by atoms with Gasteiger partial charge in [0.15, 0.2) is 0 Å². The van der Waals surface area contributed by atoms with E-state index in [-0.39, 0.29) is 0 Å². The maximum atomic E-state index is 5.75. The molecule has 2 aromatic rings. The third kappa shape index (κ3) is 2.82. The van der Waals surface area contributed by atoms with Crippen LogP contribution in [0.25, 0.3) is 0 Å². The van der Waals surface area contributed by atoms with E-state index in [1.165, 1.54) is 24.2 Å². The molecule has 1 unspecified atom stereocenters. The van der Waals surface area contributed by atoms with Crippen LogP contribution >= 0.6 is 0 Å². The van der Waals surface area contributed by atoms with Gasteiger partial charge in [-0.15, -0.1) is 0 Å². The van der Waals surface area contributed by atoms with Crippen molar-refractivity contribution < 1.29 is 0 Å². The van der Waals surface area contributed by atoms with Crippen LogP contribution in [-0.2, 0) is 13.6 Å². The van der Waals surface area contributed by atoms with Gasteiger partial charge in [-0.05, 0) is 37.1 Å². The van der Waals surface area contributed by atoms with Gasteiger partial charge in [0.05, 0.1) is 0 Å². The van der Waals surface area contributed by atoms with E-state index in [0.29, 0.717) is 11.7 Å². The summed E-state index contributed by atoms with van der Waals surface area (Å²) in [5.74, 6) is 2.33. The lowest BCUT2D eigenvalue weighted by atomic mass is 9.97. The third-order valence-electron chi connectivity index (χ3n) is 3.98. The second kappa shape index (κ2) is 5.63. The average Bonchev–Trinajstić information content (AvgIpc) is 2.85. The van der Waals surface area contributed by atoms with Gasteiger partial charge in [-0.2, -0.15) is 0 Å². The minimum Gasteiger partial charge on any atom is -0.384 e. The third-order valence-corrected chi connectivity index (χ3v) is 3.98. The number of likely N-dealkylation sites (tertiary alicyclic amines) is 1. The Morgan fingerprint density at radius 2 is 2.25 bits per heavy atom. The van der Waals surface area contributed by atoms with Gasteiger partial charge in [-0.3, -0.25) is 4.90 Å². The number of nitrogens with two attached hydrogens (primary N) is 1. The predicted octanol–water partition coefficient (Wildman–Crippen LogP) is 1.78. The number of anilines is 1. The first-order chi connectivity index (χ1) is 9.72. The van der Waals surface area contributed by atoms with Crippen LogP contribution in [0.15, 0.2) is 30.7 Å². The molecule has 3 heterocycles. The Morgan fingerprint density at radius 3 is 3.00 bits per heavy atom. The van der Waals surface area contributed by atoms with Crippen molar-refractivity contribution in [3.8, 4) is 0 Å². The lowest BCUT2D eigenvalue weighted by Gasteiger charge is -2.32. The summed E-state index contributed by atoms with van der Waals surface area (Å²) < 4.78 is 2.14. The number of nitrogen functional groups attached to an aromatic ring is 1. The molecule has 20 heavy (non-hydrogen) atoms. The monoisotopic (exact) mass is 271 g/mol. The van der Waals surface area contributed by atoms with Crippen LogP contribution < -0.4 is 5.73 Å². The smallest absolute Gasteiger partial charge is 0.123 e. The van der Waals surface area contributed by atoms with Gasteiger partial charge >= 0.3 is 0 Å². The Morgan fingerprint density at radius 1 is 1.35 bits per heavy atom. The minimum atomic E-state index is 0.530. The van der Waals surface area contributed by atoms with E-state index in [1.807, 2.05) is 24.5 Å². The average molecular weight is 271 g/mol. The fourth-order valence-corrected chi connectivity index (χ4v) is 3.03. The van der Waals surface area contributed by atoms with Crippen molar-refractivity contribution >= 4 is 5.82 Å². The topological polar surface area (TPSA) is 60.0 Å². The highest BCUT2D eigenvalue weighted by atomic mass is 15.1. The molecule has 3 rings (SSSR count). The largest absolute Gasteiger partial charge is 0.384 e. The van der Waals surface area contributed by atoms with Crippen molar-refractivity contribution in [2.45, 2.75) is 25.3 Å². The van der Waals surface area contributed by atoms with Crippen molar-refractivity contribution in [2.75, 3.05) is 18.8 Å². The van der Waals surface area contributed by atoms with Crippen LogP contribution in [0.1, 0.15) is 30.1 Å². The highest BCUT2D eigenvalue weighted by Gasteiger charge is 2.23. The Hall–Kier alpha value is -1.88. The van der Waals surface area contributed by atoms with Crippen LogP contribution in [0.2, 0.25) is 0 Å². The molecule has 1 fully saturated rings. The van der Waals surface area contributed by atoms with E-state index in [4.69, 9.17) is 5.73 Å². The Labute approximate surface area is 119 Å². The SMILES string of the molecule is Cn1ccnc1C1CCCN(Cc2ccnc(N)c2)C1. The Balaban J connectivity index is 1.68. The number of hydrogen-bond donors (Lipinski definition) is 1. The zero-order valence-corrected chi connectivity index (χ0v) is 11.9. The molecule has 0 bridgehead atoms. The number of piperidine rings is 1. The number of pyridine rings is 1. The predicted molar refractivity (Wildman–Crippen MR) is 79.1 cm³/mol.